The minimum atomic E-state index is -0.655. The van der Waals surface area contributed by atoms with E-state index in [9.17, 15) is 4.79 Å². The van der Waals surface area contributed by atoms with Crippen molar-refractivity contribution in [2.75, 3.05) is 20.1 Å². The number of nitrogens with zero attached hydrogens (tertiary/aromatic N) is 1. The van der Waals surface area contributed by atoms with E-state index in [1.807, 2.05) is 0 Å². The van der Waals surface area contributed by atoms with Crippen LogP contribution in [0.5, 0.6) is 0 Å². The maximum absolute atomic E-state index is 10.7. The first-order valence-corrected chi connectivity index (χ1v) is 4.98. The van der Waals surface area contributed by atoms with Crippen molar-refractivity contribution in [3.8, 4) is 0 Å². The van der Waals surface area contributed by atoms with E-state index in [1.54, 1.807) is 0 Å². The molecule has 0 saturated carbocycles. The normalized spacial score (nSPS) is 30.3. The van der Waals surface area contributed by atoms with Crippen LogP contribution in [0.4, 0.5) is 0 Å². The van der Waals surface area contributed by atoms with Crippen LogP contribution in [0.1, 0.15) is 32.6 Å². The average Bonchev–Trinajstić information content (AvgIpc) is 2.03. The fourth-order valence-electron chi connectivity index (χ4n) is 2.33. The molecule has 0 aromatic heterocycles. The molecule has 0 aromatic rings. The molecule has 13 heavy (non-hydrogen) atoms. The van der Waals surface area contributed by atoms with Crippen LogP contribution in [0.3, 0.4) is 0 Å². The Bertz CT molecular complexity index is 193. The molecule has 0 bridgehead atoms. The highest BCUT2D eigenvalue weighted by atomic mass is 16.4. The van der Waals surface area contributed by atoms with Crippen molar-refractivity contribution in [2.24, 2.45) is 5.41 Å². The second-order valence-corrected chi connectivity index (χ2v) is 4.27. The number of rotatable bonds is 3. The number of aliphatic carboxylic acids is 1. The molecule has 0 radical (unpaired) electrons. The summed E-state index contributed by atoms with van der Waals surface area (Å²) in [4.78, 5) is 13.0. The number of carboxylic acid groups (broad SMARTS) is 1. The number of likely N-dealkylation sites (tertiary alicyclic amines) is 1. The molecular formula is C10H19NO2. The molecule has 0 spiro atoms. The van der Waals surface area contributed by atoms with Gasteiger partial charge in [0.15, 0.2) is 0 Å². The highest BCUT2D eigenvalue weighted by Crippen LogP contribution is 2.35. The molecule has 1 rings (SSSR count). The quantitative estimate of drug-likeness (QED) is 0.725. The maximum atomic E-state index is 10.7. The largest absolute Gasteiger partial charge is 0.481 e. The first-order valence-electron chi connectivity index (χ1n) is 4.98. The number of carboxylic acids is 1. The zero-order valence-corrected chi connectivity index (χ0v) is 8.55. The van der Waals surface area contributed by atoms with Gasteiger partial charge in [-0.15, -0.1) is 0 Å². The summed E-state index contributed by atoms with van der Waals surface area (Å²) in [6, 6.07) is 0. The van der Waals surface area contributed by atoms with E-state index in [0.717, 1.165) is 32.4 Å². The highest BCUT2D eigenvalue weighted by molar-refractivity contribution is 5.67. The fraction of sp³-hybridized carbons (Fsp3) is 0.900. The van der Waals surface area contributed by atoms with Gasteiger partial charge in [-0.2, -0.15) is 0 Å². The second-order valence-electron chi connectivity index (χ2n) is 4.27. The standard InChI is InChI=1S/C10H19NO2/c1-3-10(7-9(12)13)5-4-6-11(2)8-10/h3-8H2,1-2H3,(H,12,13). The molecule has 1 aliphatic heterocycles. The summed E-state index contributed by atoms with van der Waals surface area (Å²) in [5.74, 6) is -0.655. The summed E-state index contributed by atoms with van der Waals surface area (Å²) in [6.45, 7) is 4.15. The van der Waals surface area contributed by atoms with Crippen molar-refractivity contribution in [1.82, 2.24) is 4.90 Å². The Balaban J connectivity index is 2.61. The van der Waals surface area contributed by atoms with Crippen molar-refractivity contribution in [3.63, 3.8) is 0 Å². The van der Waals surface area contributed by atoms with Gasteiger partial charge in [-0.3, -0.25) is 4.79 Å². The molecule has 76 valence electrons. The molecule has 0 aromatic carbocycles. The van der Waals surface area contributed by atoms with Crippen LogP contribution in [0.25, 0.3) is 0 Å². The van der Waals surface area contributed by atoms with Crippen LogP contribution in [-0.4, -0.2) is 36.1 Å². The van der Waals surface area contributed by atoms with Crippen molar-refractivity contribution in [3.05, 3.63) is 0 Å². The van der Waals surface area contributed by atoms with Gasteiger partial charge in [-0.25, -0.2) is 0 Å². The van der Waals surface area contributed by atoms with Crippen molar-refractivity contribution in [2.45, 2.75) is 32.6 Å². The SMILES string of the molecule is CCC1(CC(=O)O)CCCN(C)C1. The van der Waals surface area contributed by atoms with E-state index >= 15 is 0 Å². The number of carbonyl (C=O) groups is 1. The lowest BCUT2D eigenvalue weighted by molar-refractivity contribution is -0.140. The minimum Gasteiger partial charge on any atom is -0.481 e. The van der Waals surface area contributed by atoms with Gasteiger partial charge in [-0.05, 0) is 38.3 Å². The molecule has 0 amide bonds. The molecule has 1 unspecified atom stereocenters. The first-order chi connectivity index (χ1) is 6.08. The molecule has 1 heterocycles. The Morgan fingerprint density at radius 2 is 2.31 bits per heavy atom. The van der Waals surface area contributed by atoms with E-state index in [2.05, 4.69) is 18.9 Å². The van der Waals surface area contributed by atoms with Crippen LogP contribution in [-0.2, 0) is 4.79 Å². The lowest BCUT2D eigenvalue weighted by atomic mass is 9.75. The Morgan fingerprint density at radius 1 is 1.62 bits per heavy atom. The Hall–Kier alpha value is -0.570. The highest BCUT2D eigenvalue weighted by Gasteiger charge is 2.34. The van der Waals surface area contributed by atoms with E-state index < -0.39 is 5.97 Å². The van der Waals surface area contributed by atoms with Gasteiger partial charge in [-0.1, -0.05) is 6.92 Å². The van der Waals surface area contributed by atoms with Crippen LogP contribution in [0.15, 0.2) is 0 Å². The summed E-state index contributed by atoms with van der Waals surface area (Å²) in [7, 11) is 2.07. The van der Waals surface area contributed by atoms with Gasteiger partial charge in [0.25, 0.3) is 0 Å². The molecule has 3 heteroatoms. The van der Waals surface area contributed by atoms with E-state index in [4.69, 9.17) is 5.11 Å². The van der Waals surface area contributed by atoms with Gasteiger partial charge in [0.05, 0.1) is 6.42 Å². The molecule has 3 nitrogen and oxygen atoms in total. The third-order valence-corrected chi connectivity index (χ3v) is 3.13. The molecule has 1 fully saturated rings. The zero-order valence-electron chi connectivity index (χ0n) is 8.55. The first kappa shape index (κ1) is 10.5. The van der Waals surface area contributed by atoms with Crippen LogP contribution < -0.4 is 0 Å². The van der Waals surface area contributed by atoms with Gasteiger partial charge in [0, 0.05) is 6.54 Å². The molecule has 1 aliphatic rings. The zero-order chi connectivity index (χ0) is 9.90. The van der Waals surface area contributed by atoms with E-state index in [0.29, 0.717) is 6.42 Å². The lowest BCUT2D eigenvalue weighted by Crippen LogP contribution is -2.42. The second kappa shape index (κ2) is 4.09. The average molecular weight is 185 g/mol. The monoisotopic (exact) mass is 185 g/mol. The number of piperidine rings is 1. The topological polar surface area (TPSA) is 40.5 Å². The summed E-state index contributed by atoms with van der Waals surface area (Å²) >= 11 is 0. The van der Waals surface area contributed by atoms with E-state index in [-0.39, 0.29) is 5.41 Å². The maximum Gasteiger partial charge on any atom is 0.303 e. The smallest absolute Gasteiger partial charge is 0.303 e. The number of hydrogen-bond donors (Lipinski definition) is 1. The van der Waals surface area contributed by atoms with Gasteiger partial charge < -0.3 is 10.0 Å². The van der Waals surface area contributed by atoms with Crippen LogP contribution in [0, 0.1) is 5.41 Å². The number of hydrogen-bond acceptors (Lipinski definition) is 2. The van der Waals surface area contributed by atoms with Crippen LogP contribution in [0.2, 0.25) is 0 Å². The Labute approximate surface area is 79.7 Å². The molecule has 1 atom stereocenters. The van der Waals surface area contributed by atoms with Gasteiger partial charge in [0.1, 0.15) is 0 Å². The molecule has 0 aliphatic carbocycles. The minimum absolute atomic E-state index is 0.0405. The van der Waals surface area contributed by atoms with Gasteiger partial charge >= 0.3 is 5.97 Å². The Kier molecular flexibility index (Phi) is 3.31. The van der Waals surface area contributed by atoms with Crippen molar-refractivity contribution >= 4 is 5.97 Å². The molecule has 1 saturated heterocycles. The Morgan fingerprint density at radius 3 is 2.77 bits per heavy atom. The van der Waals surface area contributed by atoms with Crippen molar-refractivity contribution in [1.29, 1.82) is 0 Å². The van der Waals surface area contributed by atoms with Crippen molar-refractivity contribution < 1.29 is 9.90 Å². The molecular weight excluding hydrogens is 166 g/mol. The predicted octanol–water partition coefficient (Wildman–Crippen LogP) is 1.58. The van der Waals surface area contributed by atoms with Gasteiger partial charge in [0.2, 0.25) is 0 Å². The van der Waals surface area contributed by atoms with E-state index in [1.165, 1.54) is 0 Å². The fourth-order valence-corrected chi connectivity index (χ4v) is 2.33. The predicted molar refractivity (Wildman–Crippen MR) is 51.7 cm³/mol. The van der Waals surface area contributed by atoms with Crippen LogP contribution >= 0.6 is 0 Å². The molecule has 1 N–H and O–H groups in total. The summed E-state index contributed by atoms with van der Waals surface area (Å²) < 4.78 is 0. The lowest BCUT2D eigenvalue weighted by Gasteiger charge is -2.40. The summed E-state index contributed by atoms with van der Waals surface area (Å²) in [5, 5.41) is 8.83. The summed E-state index contributed by atoms with van der Waals surface area (Å²) in [5.41, 5.74) is 0.0405. The third kappa shape index (κ3) is 2.69. The third-order valence-electron chi connectivity index (χ3n) is 3.13. The summed E-state index contributed by atoms with van der Waals surface area (Å²) in [6.07, 6.45) is 3.51.